The SMILES string of the molecule is C=CCn1c(O[C@@H]2CO[C@@H]3[C@@H]2OC[C@H]3OCC(C)(C)[Si](C)C)nc2nc(I)c(Cl)cc21. The Morgan fingerprint density at radius 1 is 1.29 bits per heavy atom. The average Bonchev–Trinajstić information content (AvgIpc) is 3.38. The van der Waals surface area contributed by atoms with E-state index in [1.807, 2.05) is 10.6 Å². The summed E-state index contributed by atoms with van der Waals surface area (Å²) < 4.78 is 27.3. The quantitative estimate of drug-likeness (QED) is 0.202. The molecule has 0 N–H and O–H groups in total. The van der Waals surface area contributed by atoms with E-state index in [9.17, 15) is 0 Å². The van der Waals surface area contributed by atoms with Crippen LogP contribution in [0, 0.1) is 3.70 Å². The second-order valence-corrected chi connectivity index (χ2v) is 13.7. The minimum absolute atomic E-state index is 0.0757. The van der Waals surface area contributed by atoms with Gasteiger partial charge in [0, 0.05) is 13.2 Å². The lowest BCUT2D eigenvalue weighted by Crippen LogP contribution is -2.37. The third-order valence-electron chi connectivity index (χ3n) is 6.16. The summed E-state index contributed by atoms with van der Waals surface area (Å²) >= 11 is 8.38. The van der Waals surface area contributed by atoms with Crippen LogP contribution >= 0.6 is 34.2 Å². The van der Waals surface area contributed by atoms with Gasteiger partial charge in [-0.1, -0.05) is 44.6 Å². The van der Waals surface area contributed by atoms with Gasteiger partial charge in [0.1, 0.15) is 22.0 Å². The van der Waals surface area contributed by atoms with Crippen molar-refractivity contribution in [1.29, 1.82) is 0 Å². The molecule has 2 aromatic heterocycles. The first-order valence-corrected chi connectivity index (χ1v) is 14.3. The molecule has 2 saturated heterocycles. The van der Waals surface area contributed by atoms with Gasteiger partial charge >= 0.3 is 0 Å². The minimum Gasteiger partial charge on any atom is -0.456 e. The Morgan fingerprint density at radius 3 is 2.65 bits per heavy atom. The van der Waals surface area contributed by atoms with E-state index in [2.05, 4.69) is 66.1 Å². The molecule has 0 spiro atoms. The van der Waals surface area contributed by atoms with Crippen molar-refractivity contribution in [2.45, 2.75) is 62.9 Å². The second-order valence-electron chi connectivity index (χ2n) is 8.88. The molecular formula is C21H28ClIN3O4Si. The van der Waals surface area contributed by atoms with Crippen molar-refractivity contribution < 1.29 is 18.9 Å². The predicted octanol–water partition coefficient (Wildman–Crippen LogP) is 4.34. The average molecular weight is 577 g/mol. The van der Waals surface area contributed by atoms with Crippen LogP contribution in [0.25, 0.3) is 11.2 Å². The molecule has 4 rings (SSSR count). The topological polar surface area (TPSA) is 67.6 Å². The molecule has 0 aromatic carbocycles. The van der Waals surface area contributed by atoms with Crippen LogP contribution in [-0.2, 0) is 20.8 Å². The first kappa shape index (κ1) is 23.4. The Morgan fingerprint density at radius 2 is 1.97 bits per heavy atom. The third kappa shape index (κ3) is 4.67. The first-order valence-electron chi connectivity index (χ1n) is 10.4. The number of fused-ring (bicyclic) bond motifs is 2. The number of aromatic nitrogens is 3. The summed E-state index contributed by atoms with van der Waals surface area (Å²) in [5.41, 5.74) is 1.40. The Hall–Kier alpha value is -0.723. The highest BCUT2D eigenvalue weighted by Gasteiger charge is 2.50. The highest BCUT2D eigenvalue weighted by molar-refractivity contribution is 14.1. The zero-order valence-electron chi connectivity index (χ0n) is 18.2. The Kier molecular flexibility index (Phi) is 7.00. The monoisotopic (exact) mass is 576 g/mol. The van der Waals surface area contributed by atoms with E-state index >= 15 is 0 Å². The molecule has 4 heterocycles. The molecule has 2 aliphatic heterocycles. The molecule has 2 fully saturated rings. The van der Waals surface area contributed by atoms with Crippen molar-refractivity contribution >= 4 is 54.2 Å². The van der Waals surface area contributed by atoms with E-state index in [4.69, 9.17) is 30.5 Å². The summed E-state index contributed by atoms with van der Waals surface area (Å²) in [6.07, 6.45) is 1.14. The van der Waals surface area contributed by atoms with E-state index in [0.717, 1.165) is 5.52 Å². The van der Waals surface area contributed by atoms with Gasteiger partial charge in [-0.3, -0.25) is 4.57 Å². The van der Waals surface area contributed by atoms with E-state index in [1.165, 1.54) is 0 Å². The fourth-order valence-corrected chi connectivity index (χ4v) is 4.55. The van der Waals surface area contributed by atoms with Gasteiger partial charge in [-0.05, 0) is 33.7 Å². The summed E-state index contributed by atoms with van der Waals surface area (Å²) in [4.78, 5) is 9.08. The second kappa shape index (κ2) is 9.26. The molecule has 0 amide bonds. The van der Waals surface area contributed by atoms with Crippen molar-refractivity contribution in [3.05, 3.63) is 27.4 Å². The number of imidazole rings is 1. The maximum Gasteiger partial charge on any atom is 0.299 e. The number of pyridine rings is 1. The van der Waals surface area contributed by atoms with E-state index in [-0.39, 0.29) is 29.5 Å². The fourth-order valence-electron chi connectivity index (χ4n) is 3.65. The Bertz CT molecular complexity index is 970. The van der Waals surface area contributed by atoms with Crippen LogP contribution in [0.4, 0.5) is 0 Å². The molecule has 4 atom stereocenters. The summed E-state index contributed by atoms with van der Waals surface area (Å²) in [6.45, 7) is 15.2. The molecule has 0 bridgehead atoms. The molecule has 31 heavy (non-hydrogen) atoms. The van der Waals surface area contributed by atoms with E-state index < -0.39 is 8.80 Å². The van der Waals surface area contributed by atoms with Gasteiger partial charge in [-0.2, -0.15) is 4.98 Å². The smallest absolute Gasteiger partial charge is 0.299 e. The third-order valence-corrected chi connectivity index (χ3v) is 10.4. The molecule has 0 saturated carbocycles. The molecule has 10 heteroatoms. The largest absolute Gasteiger partial charge is 0.456 e. The molecule has 7 nitrogen and oxygen atoms in total. The standard InChI is InChI=1S/C21H28ClIN3O4Si/c1-6-7-26-13-8-12(22)18(23)24-19(13)25-20(26)30-15-10-28-16-14(9-27-17(15)16)29-11-21(2,3)31(4)5/h6,8,14-17H,1,7,9-11H2,2-5H3/t14-,15-,16+,17-/m1/s1. The maximum absolute atomic E-state index is 6.29. The van der Waals surface area contributed by atoms with Crippen molar-refractivity contribution in [1.82, 2.24) is 14.5 Å². The highest BCUT2D eigenvalue weighted by Crippen LogP contribution is 2.35. The number of halogens is 2. The van der Waals surface area contributed by atoms with E-state index in [1.54, 1.807) is 6.08 Å². The van der Waals surface area contributed by atoms with Crippen molar-refractivity contribution in [2.24, 2.45) is 0 Å². The van der Waals surface area contributed by atoms with Crippen LogP contribution in [0.5, 0.6) is 6.01 Å². The molecule has 0 aliphatic carbocycles. The van der Waals surface area contributed by atoms with Gasteiger partial charge in [0.25, 0.3) is 6.01 Å². The van der Waals surface area contributed by atoms with Crippen molar-refractivity contribution in [3.8, 4) is 6.01 Å². The molecule has 2 aromatic rings. The molecule has 2 aliphatic rings. The Balaban J connectivity index is 1.48. The summed E-state index contributed by atoms with van der Waals surface area (Å²) in [5, 5.41) is 0.776. The number of ether oxygens (including phenoxy) is 4. The molecule has 0 unspecified atom stereocenters. The van der Waals surface area contributed by atoms with Crippen molar-refractivity contribution in [2.75, 3.05) is 19.8 Å². The maximum atomic E-state index is 6.29. The molecule has 1 radical (unpaired) electrons. The van der Waals surface area contributed by atoms with Crippen LogP contribution in [0.1, 0.15) is 13.8 Å². The van der Waals surface area contributed by atoms with Crippen LogP contribution < -0.4 is 4.74 Å². The predicted molar refractivity (Wildman–Crippen MR) is 131 cm³/mol. The lowest BCUT2D eigenvalue weighted by molar-refractivity contribution is -0.0420. The number of hydrogen-bond donors (Lipinski definition) is 0. The van der Waals surface area contributed by atoms with Crippen LogP contribution in [0.2, 0.25) is 23.2 Å². The summed E-state index contributed by atoms with van der Waals surface area (Å²) in [6, 6.07) is 2.32. The zero-order chi connectivity index (χ0) is 22.3. The summed E-state index contributed by atoms with van der Waals surface area (Å²) in [7, 11) is -0.470. The lowest BCUT2D eigenvalue weighted by Gasteiger charge is -2.30. The highest BCUT2D eigenvalue weighted by atomic mass is 127. The number of rotatable bonds is 8. The number of hydrogen-bond acceptors (Lipinski definition) is 6. The zero-order valence-corrected chi connectivity index (χ0v) is 22.1. The number of nitrogens with zero attached hydrogens (tertiary/aromatic N) is 3. The van der Waals surface area contributed by atoms with Gasteiger partial charge in [-0.25, -0.2) is 4.98 Å². The van der Waals surface area contributed by atoms with Gasteiger partial charge < -0.3 is 18.9 Å². The van der Waals surface area contributed by atoms with Gasteiger partial charge in [0.05, 0.1) is 32.5 Å². The normalized spacial score (nSPS) is 26.0. The van der Waals surface area contributed by atoms with Crippen molar-refractivity contribution in [3.63, 3.8) is 0 Å². The summed E-state index contributed by atoms with van der Waals surface area (Å²) in [5.74, 6) is 0. The van der Waals surface area contributed by atoms with Gasteiger partial charge in [-0.15, -0.1) is 6.58 Å². The minimum atomic E-state index is -0.470. The van der Waals surface area contributed by atoms with Crippen LogP contribution in [-0.4, -0.2) is 67.6 Å². The van der Waals surface area contributed by atoms with Gasteiger partial charge in [0.2, 0.25) is 0 Å². The van der Waals surface area contributed by atoms with Gasteiger partial charge in [0.15, 0.2) is 11.8 Å². The van der Waals surface area contributed by atoms with Crippen LogP contribution in [0.3, 0.4) is 0 Å². The fraction of sp³-hybridized carbons (Fsp3) is 0.619. The first-order chi connectivity index (χ1) is 14.7. The molecule has 169 valence electrons. The Labute approximate surface area is 203 Å². The van der Waals surface area contributed by atoms with Crippen LogP contribution in [0.15, 0.2) is 18.7 Å². The number of allylic oxidation sites excluding steroid dienone is 1. The molecular weight excluding hydrogens is 549 g/mol. The lowest BCUT2D eigenvalue weighted by atomic mass is 10.1. The van der Waals surface area contributed by atoms with E-state index in [0.29, 0.717) is 46.7 Å².